The second-order valence-corrected chi connectivity index (χ2v) is 7.06. The second-order valence-electron chi connectivity index (χ2n) is 7.06. The Kier molecular flexibility index (Phi) is 5.35. The molecule has 0 atom stereocenters. The van der Waals surface area contributed by atoms with Crippen molar-refractivity contribution in [2.45, 2.75) is 65.7 Å². The van der Waals surface area contributed by atoms with Crippen LogP contribution in [0.5, 0.6) is 0 Å². The van der Waals surface area contributed by atoms with Crippen molar-refractivity contribution in [3.63, 3.8) is 0 Å². The number of aromatic nitrogens is 2. The van der Waals surface area contributed by atoms with Gasteiger partial charge in [-0.15, -0.1) is 0 Å². The molecule has 0 aliphatic carbocycles. The molecule has 6 heteroatoms. The Bertz CT molecular complexity index is 471. The predicted octanol–water partition coefficient (Wildman–Crippen LogP) is 1.91. The number of hydrogen-bond acceptors (Lipinski definition) is 4. The van der Waals surface area contributed by atoms with Gasteiger partial charge in [-0.25, -0.2) is 0 Å². The van der Waals surface area contributed by atoms with Crippen molar-refractivity contribution in [1.82, 2.24) is 14.7 Å². The molecule has 0 N–H and O–H groups in total. The average molecular weight is 307 g/mol. The Morgan fingerprint density at radius 2 is 1.77 bits per heavy atom. The van der Waals surface area contributed by atoms with Gasteiger partial charge in [0.25, 0.3) is 0 Å². The molecule has 0 spiro atoms. The minimum atomic E-state index is -0.323. The summed E-state index contributed by atoms with van der Waals surface area (Å²) in [5.41, 5.74) is 0.386. The molecule has 2 rings (SSSR count). The molecule has 0 amide bonds. The SMILES string of the molecule is CCCN(CC)CCn1cc(B2OC(C)(C)C(C)(C)O2)cn1. The minimum Gasteiger partial charge on any atom is -0.399 e. The van der Waals surface area contributed by atoms with Crippen LogP contribution in [-0.2, 0) is 15.9 Å². The molecule has 0 bridgehead atoms. The smallest absolute Gasteiger partial charge is 0.399 e. The Balaban J connectivity index is 1.95. The first kappa shape index (κ1) is 17.5. The molecule has 0 saturated carbocycles. The van der Waals surface area contributed by atoms with Gasteiger partial charge in [0.2, 0.25) is 0 Å². The second kappa shape index (κ2) is 6.73. The highest BCUT2D eigenvalue weighted by Crippen LogP contribution is 2.36. The predicted molar refractivity (Wildman–Crippen MR) is 90.3 cm³/mol. The molecule has 1 saturated heterocycles. The lowest BCUT2D eigenvalue weighted by atomic mass is 9.82. The fourth-order valence-electron chi connectivity index (χ4n) is 2.59. The topological polar surface area (TPSA) is 39.5 Å². The van der Waals surface area contributed by atoms with Crippen molar-refractivity contribution in [3.8, 4) is 0 Å². The number of hydrogen-bond donors (Lipinski definition) is 0. The Labute approximate surface area is 135 Å². The van der Waals surface area contributed by atoms with Crippen LogP contribution in [-0.4, -0.2) is 52.6 Å². The summed E-state index contributed by atoms with van der Waals surface area (Å²) < 4.78 is 14.1. The Morgan fingerprint density at radius 1 is 1.14 bits per heavy atom. The summed E-state index contributed by atoms with van der Waals surface area (Å²) >= 11 is 0. The third kappa shape index (κ3) is 3.73. The van der Waals surface area contributed by atoms with Crippen molar-refractivity contribution >= 4 is 12.6 Å². The van der Waals surface area contributed by atoms with Crippen LogP contribution in [0.4, 0.5) is 0 Å². The molecule has 2 heterocycles. The van der Waals surface area contributed by atoms with E-state index in [4.69, 9.17) is 9.31 Å². The van der Waals surface area contributed by atoms with Crippen LogP contribution in [0.25, 0.3) is 0 Å². The molecule has 1 aromatic rings. The van der Waals surface area contributed by atoms with Crippen molar-refractivity contribution in [1.29, 1.82) is 0 Å². The molecule has 1 aliphatic rings. The summed E-state index contributed by atoms with van der Waals surface area (Å²) in [6.07, 6.45) is 5.09. The summed E-state index contributed by atoms with van der Waals surface area (Å²) in [6.45, 7) is 16.8. The van der Waals surface area contributed by atoms with Crippen molar-refractivity contribution in [2.24, 2.45) is 0 Å². The fourth-order valence-corrected chi connectivity index (χ4v) is 2.59. The molecule has 0 radical (unpaired) electrons. The minimum absolute atomic E-state index is 0.306. The van der Waals surface area contributed by atoms with Gasteiger partial charge in [-0.3, -0.25) is 4.68 Å². The van der Waals surface area contributed by atoms with Gasteiger partial charge in [0.1, 0.15) is 0 Å². The van der Waals surface area contributed by atoms with E-state index in [-0.39, 0.29) is 18.3 Å². The summed E-state index contributed by atoms with van der Waals surface area (Å²) in [7, 11) is -0.323. The molecule has 1 fully saturated rings. The van der Waals surface area contributed by atoms with E-state index < -0.39 is 0 Å². The molecule has 22 heavy (non-hydrogen) atoms. The summed E-state index contributed by atoms with van der Waals surface area (Å²) in [5, 5.41) is 4.45. The zero-order valence-corrected chi connectivity index (χ0v) is 14.9. The molecule has 5 nitrogen and oxygen atoms in total. The molecule has 0 unspecified atom stereocenters. The van der Waals surface area contributed by atoms with Crippen molar-refractivity contribution < 1.29 is 9.31 Å². The number of nitrogens with zero attached hydrogens (tertiary/aromatic N) is 3. The summed E-state index contributed by atoms with van der Waals surface area (Å²) in [5.74, 6) is 0. The first-order valence-electron chi connectivity index (χ1n) is 8.39. The largest absolute Gasteiger partial charge is 0.498 e. The lowest BCUT2D eigenvalue weighted by Crippen LogP contribution is -2.41. The van der Waals surface area contributed by atoms with E-state index in [2.05, 4.69) is 51.5 Å². The van der Waals surface area contributed by atoms with Crippen LogP contribution in [0, 0.1) is 0 Å². The van der Waals surface area contributed by atoms with Gasteiger partial charge in [0, 0.05) is 24.4 Å². The van der Waals surface area contributed by atoms with Crippen LogP contribution in [0.15, 0.2) is 12.4 Å². The molecular weight excluding hydrogens is 277 g/mol. The van der Waals surface area contributed by atoms with E-state index in [9.17, 15) is 0 Å². The van der Waals surface area contributed by atoms with E-state index in [0.29, 0.717) is 0 Å². The Hall–Kier alpha value is -0.845. The van der Waals surface area contributed by atoms with E-state index in [0.717, 1.165) is 31.6 Å². The zero-order valence-electron chi connectivity index (χ0n) is 14.9. The highest BCUT2D eigenvalue weighted by molar-refractivity contribution is 6.61. The monoisotopic (exact) mass is 307 g/mol. The average Bonchev–Trinajstić information content (AvgIpc) is 2.98. The molecule has 124 valence electrons. The van der Waals surface area contributed by atoms with Gasteiger partial charge in [0.05, 0.1) is 17.7 Å². The normalized spacial score (nSPS) is 20.0. The standard InChI is InChI=1S/C16H30BN3O2/c1-7-9-19(8-2)10-11-20-13-14(12-18-20)17-21-15(3,4)16(5,6)22-17/h12-13H,7-11H2,1-6H3. The molecule has 1 aromatic heterocycles. The van der Waals surface area contributed by atoms with Crippen LogP contribution < -0.4 is 5.46 Å². The third-order valence-corrected chi connectivity index (χ3v) is 4.81. The Morgan fingerprint density at radius 3 is 2.32 bits per heavy atom. The maximum Gasteiger partial charge on any atom is 0.498 e. The van der Waals surface area contributed by atoms with Crippen LogP contribution in [0.1, 0.15) is 48.0 Å². The van der Waals surface area contributed by atoms with E-state index >= 15 is 0 Å². The van der Waals surface area contributed by atoms with Gasteiger partial charge < -0.3 is 14.2 Å². The van der Waals surface area contributed by atoms with Gasteiger partial charge >= 0.3 is 7.12 Å². The van der Waals surface area contributed by atoms with Crippen molar-refractivity contribution in [3.05, 3.63) is 12.4 Å². The maximum atomic E-state index is 6.06. The van der Waals surface area contributed by atoms with Crippen LogP contribution >= 0.6 is 0 Å². The van der Waals surface area contributed by atoms with Crippen LogP contribution in [0.2, 0.25) is 0 Å². The molecule has 0 aromatic carbocycles. The summed E-state index contributed by atoms with van der Waals surface area (Å²) in [6, 6.07) is 0. The van der Waals surface area contributed by atoms with Gasteiger partial charge in [-0.2, -0.15) is 5.10 Å². The fraction of sp³-hybridized carbons (Fsp3) is 0.812. The maximum absolute atomic E-state index is 6.06. The zero-order chi connectivity index (χ0) is 16.4. The molecular formula is C16H30BN3O2. The lowest BCUT2D eigenvalue weighted by molar-refractivity contribution is 0.00578. The van der Waals surface area contributed by atoms with E-state index in [1.165, 1.54) is 6.42 Å². The van der Waals surface area contributed by atoms with Gasteiger partial charge in [0.15, 0.2) is 0 Å². The van der Waals surface area contributed by atoms with Gasteiger partial charge in [-0.1, -0.05) is 13.8 Å². The first-order valence-corrected chi connectivity index (χ1v) is 8.39. The summed E-state index contributed by atoms with van der Waals surface area (Å²) in [4.78, 5) is 2.44. The van der Waals surface area contributed by atoms with E-state index in [1.807, 2.05) is 17.1 Å². The first-order chi connectivity index (χ1) is 10.3. The quantitative estimate of drug-likeness (QED) is 0.722. The molecule has 1 aliphatic heterocycles. The van der Waals surface area contributed by atoms with Crippen molar-refractivity contribution in [2.75, 3.05) is 19.6 Å². The van der Waals surface area contributed by atoms with Crippen LogP contribution in [0.3, 0.4) is 0 Å². The highest BCUT2D eigenvalue weighted by Gasteiger charge is 2.52. The third-order valence-electron chi connectivity index (χ3n) is 4.81. The van der Waals surface area contributed by atoms with E-state index in [1.54, 1.807) is 0 Å². The highest BCUT2D eigenvalue weighted by atomic mass is 16.7. The number of rotatable bonds is 7. The van der Waals surface area contributed by atoms with Gasteiger partial charge in [-0.05, 0) is 47.2 Å². The number of likely N-dealkylation sites (N-methyl/N-ethyl adjacent to an activating group) is 1. The lowest BCUT2D eigenvalue weighted by Gasteiger charge is -2.32.